The molecule has 22 heavy (non-hydrogen) atoms. The van der Waals surface area contributed by atoms with Crippen molar-refractivity contribution in [3.8, 4) is 11.4 Å². The van der Waals surface area contributed by atoms with Crippen LogP contribution >= 0.6 is 0 Å². The fourth-order valence-corrected chi connectivity index (χ4v) is 2.05. The molecule has 0 spiro atoms. The molecular formula is C16H22N4O2. The number of carbonyl (C=O) groups is 1. The molecule has 0 aliphatic rings. The molecule has 1 aromatic carbocycles. The first-order valence-electron chi connectivity index (χ1n) is 7.15. The number of aromatic nitrogens is 2. The summed E-state index contributed by atoms with van der Waals surface area (Å²) in [7, 11) is 5.56. The second-order valence-corrected chi connectivity index (χ2v) is 5.34. The molecule has 1 aromatic heterocycles. The molecule has 0 unspecified atom stereocenters. The highest BCUT2D eigenvalue weighted by atomic mass is 16.5. The highest BCUT2D eigenvalue weighted by Gasteiger charge is 2.13. The first kappa shape index (κ1) is 16.0. The Bertz CT molecular complexity index is 632. The summed E-state index contributed by atoms with van der Waals surface area (Å²) >= 11 is 0. The van der Waals surface area contributed by atoms with Crippen LogP contribution in [0.3, 0.4) is 0 Å². The molecule has 0 fully saturated rings. The van der Waals surface area contributed by atoms with E-state index in [0.29, 0.717) is 12.2 Å². The van der Waals surface area contributed by atoms with Crippen molar-refractivity contribution in [1.29, 1.82) is 0 Å². The summed E-state index contributed by atoms with van der Waals surface area (Å²) < 4.78 is 6.89. The van der Waals surface area contributed by atoms with Gasteiger partial charge in [-0.3, -0.25) is 4.79 Å². The van der Waals surface area contributed by atoms with Gasteiger partial charge in [0, 0.05) is 18.8 Å². The van der Waals surface area contributed by atoms with Crippen LogP contribution in [0.15, 0.2) is 30.3 Å². The van der Waals surface area contributed by atoms with Gasteiger partial charge in [-0.2, -0.15) is 5.10 Å². The summed E-state index contributed by atoms with van der Waals surface area (Å²) in [5.74, 6) is 0.632. The van der Waals surface area contributed by atoms with Crippen LogP contribution in [0.5, 0.6) is 5.75 Å². The average molecular weight is 302 g/mol. The third kappa shape index (κ3) is 3.85. The van der Waals surface area contributed by atoms with Gasteiger partial charge in [-0.25, -0.2) is 4.68 Å². The van der Waals surface area contributed by atoms with Crippen molar-refractivity contribution in [1.82, 2.24) is 20.0 Å². The van der Waals surface area contributed by atoms with Crippen molar-refractivity contribution in [2.24, 2.45) is 0 Å². The Balaban J connectivity index is 2.11. The fourth-order valence-electron chi connectivity index (χ4n) is 2.05. The smallest absolute Gasteiger partial charge is 0.271 e. The zero-order valence-corrected chi connectivity index (χ0v) is 13.5. The number of carbonyl (C=O) groups excluding carboxylic acids is 1. The van der Waals surface area contributed by atoms with Crippen LogP contribution < -0.4 is 10.1 Å². The highest BCUT2D eigenvalue weighted by Crippen LogP contribution is 2.16. The van der Waals surface area contributed by atoms with Crippen molar-refractivity contribution in [3.63, 3.8) is 0 Å². The molecule has 1 heterocycles. The highest BCUT2D eigenvalue weighted by molar-refractivity contribution is 5.92. The van der Waals surface area contributed by atoms with Crippen molar-refractivity contribution in [3.05, 3.63) is 41.7 Å². The minimum atomic E-state index is -0.155. The number of hydrogen-bond donors (Lipinski definition) is 1. The minimum absolute atomic E-state index is 0.155. The van der Waals surface area contributed by atoms with Gasteiger partial charge >= 0.3 is 0 Å². The lowest BCUT2D eigenvalue weighted by molar-refractivity contribution is 0.0945. The van der Waals surface area contributed by atoms with Gasteiger partial charge in [-0.15, -0.1) is 0 Å². The van der Waals surface area contributed by atoms with E-state index in [4.69, 9.17) is 4.74 Å². The molecule has 2 aromatic rings. The Morgan fingerprint density at radius 2 is 2.00 bits per heavy atom. The van der Waals surface area contributed by atoms with Crippen molar-refractivity contribution < 1.29 is 9.53 Å². The lowest BCUT2D eigenvalue weighted by Crippen LogP contribution is -2.31. The van der Waals surface area contributed by atoms with E-state index >= 15 is 0 Å². The Hall–Kier alpha value is -2.34. The topological polar surface area (TPSA) is 59.4 Å². The van der Waals surface area contributed by atoms with Gasteiger partial charge in [-0.05, 0) is 51.4 Å². The molecule has 0 aliphatic heterocycles. The summed E-state index contributed by atoms with van der Waals surface area (Å²) in [6.07, 6.45) is 0. The molecule has 6 heteroatoms. The van der Waals surface area contributed by atoms with E-state index in [-0.39, 0.29) is 5.91 Å². The molecule has 2 rings (SSSR count). The van der Waals surface area contributed by atoms with Gasteiger partial charge in [-0.1, -0.05) is 0 Å². The van der Waals surface area contributed by atoms with Crippen LogP contribution in [0, 0.1) is 6.92 Å². The number of likely N-dealkylation sites (N-methyl/N-ethyl adjacent to an activating group) is 1. The Labute approximate surface area is 130 Å². The van der Waals surface area contributed by atoms with Gasteiger partial charge in [0.2, 0.25) is 0 Å². The van der Waals surface area contributed by atoms with Gasteiger partial charge < -0.3 is 15.0 Å². The zero-order valence-electron chi connectivity index (χ0n) is 13.5. The SMILES string of the molecule is COc1ccc(-n2nc(C(=O)NCCN(C)C)cc2C)cc1. The van der Waals surface area contributed by atoms with Gasteiger partial charge in [0.25, 0.3) is 5.91 Å². The van der Waals surface area contributed by atoms with Gasteiger partial charge in [0.15, 0.2) is 5.69 Å². The number of ether oxygens (including phenoxy) is 1. The molecule has 0 aliphatic carbocycles. The normalized spacial score (nSPS) is 10.8. The molecule has 0 saturated heterocycles. The maximum absolute atomic E-state index is 12.1. The van der Waals surface area contributed by atoms with Crippen LogP contribution in [0.1, 0.15) is 16.2 Å². The fraction of sp³-hybridized carbons (Fsp3) is 0.375. The number of aryl methyl sites for hydroxylation is 1. The van der Waals surface area contributed by atoms with E-state index in [9.17, 15) is 4.79 Å². The first-order valence-corrected chi connectivity index (χ1v) is 7.15. The second-order valence-electron chi connectivity index (χ2n) is 5.34. The van der Waals surface area contributed by atoms with Gasteiger partial charge in [0.1, 0.15) is 5.75 Å². The maximum Gasteiger partial charge on any atom is 0.271 e. The summed E-state index contributed by atoms with van der Waals surface area (Å²) in [6, 6.07) is 9.34. The Morgan fingerprint density at radius 1 is 1.32 bits per heavy atom. The number of hydrogen-bond acceptors (Lipinski definition) is 4. The predicted octanol–water partition coefficient (Wildman–Crippen LogP) is 1.48. The number of methoxy groups -OCH3 is 1. The second kappa shape index (κ2) is 7.09. The van der Waals surface area contributed by atoms with Crippen molar-refractivity contribution >= 4 is 5.91 Å². The minimum Gasteiger partial charge on any atom is -0.497 e. The molecule has 0 atom stereocenters. The lowest BCUT2D eigenvalue weighted by Gasteiger charge is -2.09. The van der Waals surface area contributed by atoms with E-state index in [0.717, 1.165) is 23.7 Å². The summed E-state index contributed by atoms with van der Waals surface area (Å²) in [5.41, 5.74) is 2.22. The predicted molar refractivity (Wildman–Crippen MR) is 85.7 cm³/mol. The van der Waals surface area contributed by atoms with E-state index in [1.165, 1.54) is 0 Å². The van der Waals surface area contributed by atoms with Crippen molar-refractivity contribution in [2.45, 2.75) is 6.92 Å². The van der Waals surface area contributed by atoms with Crippen LogP contribution in [-0.2, 0) is 0 Å². The molecule has 0 saturated carbocycles. The summed E-state index contributed by atoms with van der Waals surface area (Å²) in [4.78, 5) is 14.1. The Kier molecular flexibility index (Phi) is 5.16. The van der Waals surface area contributed by atoms with Crippen LogP contribution in [0.4, 0.5) is 0 Å². The number of amides is 1. The average Bonchev–Trinajstić information content (AvgIpc) is 2.89. The van der Waals surface area contributed by atoms with Crippen LogP contribution in [0.2, 0.25) is 0 Å². The summed E-state index contributed by atoms with van der Waals surface area (Å²) in [5, 5.41) is 7.25. The standard InChI is InChI=1S/C16H22N4O2/c1-12-11-15(16(21)17-9-10-19(2)3)18-20(12)13-5-7-14(22-4)8-6-13/h5-8,11H,9-10H2,1-4H3,(H,17,21). The van der Waals surface area contributed by atoms with Crippen molar-refractivity contribution in [2.75, 3.05) is 34.3 Å². The molecule has 1 amide bonds. The number of nitrogens with one attached hydrogen (secondary N) is 1. The monoisotopic (exact) mass is 302 g/mol. The molecule has 118 valence electrons. The Morgan fingerprint density at radius 3 is 2.59 bits per heavy atom. The number of rotatable bonds is 6. The maximum atomic E-state index is 12.1. The van der Waals surface area contributed by atoms with E-state index in [1.54, 1.807) is 17.9 Å². The third-order valence-electron chi connectivity index (χ3n) is 3.28. The van der Waals surface area contributed by atoms with Crippen LogP contribution in [-0.4, -0.2) is 54.9 Å². The van der Waals surface area contributed by atoms with Gasteiger partial charge in [0.05, 0.1) is 12.8 Å². The first-order chi connectivity index (χ1) is 10.5. The number of benzene rings is 1. The largest absolute Gasteiger partial charge is 0.497 e. The molecule has 0 radical (unpaired) electrons. The third-order valence-corrected chi connectivity index (χ3v) is 3.28. The zero-order chi connectivity index (χ0) is 16.1. The quantitative estimate of drug-likeness (QED) is 0.878. The van der Waals surface area contributed by atoms with Crippen LogP contribution in [0.25, 0.3) is 5.69 Å². The molecule has 6 nitrogen and oxygen atoms in total. The molecule has 0 bridgehead atoms. The van der Waals surface area contributed by atoms with E-state index in [2.05, 4.69) is 10.4 Å². The molecule has 1 N–H and O–H groups in total. The molecular weight excluding hydrogens is 280 g/mol. The lowest BCUT2D eigenvalue weighted by atomic mass is 10.3. The number of nitrogens with zero attached hydrogens (tertiary/aromatic N) is 3. The van der Waals surface area contributed by atoms with E-state index < -0.39 is 0 Å². The van der Waals surface area contributed by atoms with E-state index in [1.807, 2.05) is 50.2 Å². The summed E-state index contributed by atoms with van der Waals surface area (Å²) in [6.45, 7) is 3.32.